The fourth-order valence-corrected chi connectivity index (χ4v) is 13.8. The van der Waals surface area contributed by atoms with Gasteiger partial charge in [-0.15, -0.1) is 0 Å². The number of hydrogen-bond acceptors (Lipinski definition) is 15. The van der Waals surface area contributed by atoms with E-state index in [1.807, 2.05) is 0 Å². The fraction of sp³-hybridized carbons (Fsp3) is 0.950. The molecule has 0 aromatic heterocycles. The van der Waals surface area contributed by atoms with Gasteiger partial charge < -0.3 is 33.8 Å². The summed E-state index contributed by atoms with van der Waals surface area (Å²) in [6.45, 7) is 14.2. The number of unbranched alkanes of at least 4 members (excludes halogenated alkanes) is 43. The molecule has 0 aliphatic heterocycles. The number of aliphatic hydroxyl groups is 1. The number of carbonyl (C=O) groups excluding carboxylic acids is 4. The van der Waals surface area contributed by atoms with E-state index < -0.39 is 97.5 Å². The second-order valence-corrected chi connectivity index (χ2v) is 33.6. The van der Waals surface area contributed by atoms with E-state index in [4.69, 9.17) is 37.0 Å². The van der Waals surface area contributed by atoms with Crippen LogP contribution in [0.5, 0.6) is 0 Å². The Morgan fingerprint density at radius 2 is 0.424 bits per heavy atom. The van der Waals surface area contributed by atoms with Gasteiger partial charge in [0.1, 0.15) is 19.3 Å². The molecule has 0 radical (unpaired) electrons. The van der Waals surface area contributed by atoms with Gasteiger partial charge in [0.15, 0.2) is 12.2 Å². The first-order valence-electron chi connectivity index (χ1n) is 41.2. The molecule has 0 aromatic carbocycles. The highest BCUT2D eigenvalue weighted by molar-refractivity contribution is 7.47. The van der Waals surface area contributed by atoms with Crippen LogP contribution in [0.15, 0.2) is 0 Å². The zero-order valence-corrected chi connectivity index (χ0v) is 66.9. The van der Waals surface area contributed by atoms with Gasteiger partial charge in [-0.25, -0.2) is 9.13 Å². The number of phosphoric acid groups is 2. The Bertz CT molecular complexity index is 1940. The van der Waals surface area contributed by atoms with Crippen molar-refractivity contribution in [2.24, 2.45) is 23.7 Å². The third-order valence-corrected chi connectivity index (χ3v) is 20.5. The van der Waals surface area contributed by atoms with E-state index in [1.165, 1.54) is 205 Å². The summed E-state index contributed by atoms with van der Waals surface area (Å²) in [7, 11) is -9.92. The third-order valence-electron chi connectivity index (χ3n) is 18.6. The zero-order chi connectivity index (χ0) is 73.1. The minimum absolute atomic E-state index is 0.104. The molecule has 0 aliphatic carbocycles. The quantitative estimate of drug-likeness (QED) is 0.0222. The lowest BCUT2D eigenvalue weighted by molar-refractivity contribution is -0.161. The lowest BCUT2D eigenvalue weighted by atomic mass is 10.0. The molecule has 0 heterocycles. The van der Waals surface area contributed by atoms with Crippen molar-refractivity contribution in [1.29, 1.82) is 0 Å². The molecule has 2 unspecified atom stereocenters. The molecular weight excluding hydrogens is 1290 g/mol. The summed E-state index contributed by atoms with van der Waals surface area (Å²) < 4.78 is 68.6. The molecule has 99 heavy (non-hydrogen) atoms. The summed E-state index contributed by atoms with van der Waals surface area (Å²) >= 11 is 0. The average molecular weight is 1450 g/mol. The van der Waals surface area contributed by atoms with Gasteiger partial charge in [-0.2, -0.15) is 0 Å². The predicted octanol–water partition coefficient (Wildman–Crippen LogP) is 23.6. The highest BCUT2D eigenvalue weighted by Gasteiger charge is 2.30. The van der Waals surface area contributed by atoms with Crippen LogP contribution in [0, 0.1) is 23.7 Å². The number of aliphatic hydroxyl groups excluding tert-OH is 1. The van der Waals surface area contributed by atoms with Crippen molar-refractivity contribution in [3.8, 4) is 0 Å². The fourth-order valence-electron chi connectivity index (χ4n) is 12.3. The van der Waals surface area contributed by atoms with Crippen LogP contribution in [0.3, 0.4) is 0 Å². The molecule has 0 saturated carbocycles. The van der Waals surface area contributed by atoms with E-state index in [1.54, 1.807) is 0 Å². The van der Waals surface area contributed by atoms with Crippen LogP contribution in [0.4, 0.5) is 0 Å². The molecule has 0 spiro atoms. The molecule has 0 amide bonds. The first-order valence-corrected chi connectivity index (χ1v) is 44.2. The smallest absolute Gasteiger partial charge is 0.462 e. The van der Waals surface area contributed by atoms with Crippen LogP contribution in [-0.2, 0) is 65.4 Å². The highest BCUT2D eigenvalue weighted by atomic mass is 31.2. The van der Waals surface area contributed by atoms with Crippen LogP contribution in [0.2, 0.25) is 0 Å². The van der Waals surface area contributed by atoms with Crippen LogP contribution < -0.4 is 0 Å². The summed E-state index contributed by atoms with van der Waals surface area (Å²) in [4.78, 5) is 72.9. The normalized spacial score (nSPS) is 14.1. The second kappa shape index (κ2) is 69.1. The lowest BCUT2D eigenvalue weighted by Crippen LogP contribution is -2.30. The molecule has 0 bridgehead atoms. The Morgan fingerprint density at radius 3 is 0.626 bits per heavy atom. The van der Waals surface area contributed by atoms with Gasteiger partial charge in [0.05, 0.1) is 26.4 Å². The number of esters is 4. The van der Waals surface area contributed by atoms with Crippen LogP contribution in [0.25, 0.3) is 0 Å². The summed E-state index contributed by atoms with van der Waals surface area (Å²) in [6.07, 6.45) is 55.8. The number of phosphoric ester groups is 2. The Kier molecular flexibility index (Phi) is 67.8. The molecule has 17 nitrogen and oxygen atoms in total. The number of carbonyl (C=O) groups is 4. The molecule has 19 heteroatoms. The van der Waals surface area contributed by atoms with Gasteiger partial charge >= 0.3 is 39.5 Å². The second-order valence-electron chi connectivity index (χ2n) is 30.7. The van der Waals surface area contributed by atoms with Crippen molar-refractivity contribution in [3.05, 3.63) is 0 Å². The topological polar surface area (TPSA) is 237 Å². The Hall–Kier alpha value is -1.94. The Balaban J connectivity index is 5.21. The minimum Gasteiger partial charge on any atom is -0.462 e. The summed E-state index contributed by atoms with van der Waals surface area (Å²) in [5.74, 6) is 0.917. The molecule has 0 aromatic rings. The first kappa shape index (κ1) is 97.1. The monoisotopic (exact) mass is 1450 g/mol. The first-order chi connectivity index (χ1) is 47.6. The van der Waals surface area contributed by atoms with Crippen molar-refractivity contribution in [1.82, 2.24) is 0 Å². The Morgan fingerprint density at radius 1 is 0.253 bits per heavy atom. The van der Waals surface area contributed by atoms with Crippen molar-refractivity contribution in [2.45, 2.75) is 427 Å². The molecule has 0 fully saturated rings. The predicted molar refractivity (Wildman–Crippen MR) is 404 cm³/mol. The van der Waals surface area contributed by atoms with Gasteiger partial charge in [-0.3, -0.25) is 37.3 Å². The van der Waals surface area contributed by atoms with Crippen molar-refractivity contribution in [3.63, 3.8) is 0 Å². The van der Waals surface area contributed by atoms with Crippen molar-refractivity contribution >= 4 is 39.5 Å². The maximum atomic E-state index is 13.1. The van der Waals surface area contributed by atoms with Crippen LogP contribution in [-0.4, -0.2) is 96.7 Å². The largest absolute Gasteiger partial charge is 0.472 e. The molecule has 0 rings (SSSR count). The molecule has 3 N–H and O–H groups in total. The van der Waals surface area contributed by atoms with Crippen molar-refractivity contribution < 1.29 is 80.2 Å². The van der Waals surface area contributed by atoms with E-state index in [9.17, 15) is 43.2 Å². The van der Waals surface area contributed by atoms with Gasteiger partial charge in [-0.1, -0.05) is 357 Å². The van der Waals surface area contributed by atoms with Crippen molar-refractivity contribution in [2.75, 3.05) is 39.6 Å². The molecule has 5 atom stereocenters. The number of hydrogen-bond donors (Lipinski definition) is 3. The maximum Gasteiger partial charge on any atom is 0.472 e. The zero-order valence-electron chi connectivity index (χ0n) is 65.1. The molecule has 0 aliphatic rings. The van der Waals surface area contributed by atoms with E-state index in [0.29, 0.717) is 31.6 Å². The van der Waals surface area contributed by atoms with Crippen LogP contribution in [0.1, 0.15) is 409 Å². The van der Waals surface area contributed by atoms with E-state index in [0.717, 1.165) is 114 Å². The van der Waals surface area contributed by atoms with Gasteiger partial charge in [0, 0.05) is 25.7 Å². The summed E-state index contributed by atoms with van der Waals surface area (Å²) in [5.41, 5.74) is 0. The van der Waals surface area contributed by atoms with Gasteiger partial charge in [0.25, 0.3) is 0 Å². The summed E-state index contributed by atoms with van der Waals surface area (Å²) in [5, 5.41) is 10.6. The van der Waals surface area contributed by atoms with Gasteiger partial charge in [0.2, 0.25) is 0 Å². The van der Waals surface area contributed by atoms with E-state index in [2.05, 4.69) is 55.4 Å². The maximum absolute atomic E-state index is 13.1. The molecular formula is C80H156O17P2. The highest BCUT2D eigenvalue weighted by Crippen LogP contribution is 2.45. The average Bonchev–Trinajstić information content (AvgIpc) is 0.956. The lowest BCUT2D eigenvalue weighted by Gasteiger charge is -2.21. The van der Waals surface area contributed by atoms with Crippen LogP contribution >= 0.6 is 15.6 Å². The molecule has 0 saturated heterocycles. The van der Waals surface area contributed by atoms with Gasteiger partial charge in [-0.05, 0) is 49.4 Å². The van der Waals surface area contributed by atoms with E-state index in [-0.39, 0.29) is 25.7 Å². The number of rotatable bonds is 77. The Labute approximate surface area is 607 Å². The van der Waals surface area contributed by atoms with E-state index >= 15 is 0 Å². The number of ether oxygens (including phenoxy) is 4. The SMILES string of the molecule is CC(C)CCCCCCCCCCCCCCCCCCCCC(=O)O[C@H](COC(=O)CCCCCCCCCCCCCCCCC(C)C)COP(=O)(O)OC[C@@H](O)COP(=O)(O)OC[C@@H](COC(=O)CCCCCCCCC(C)C)OC(=O)CCCCCCCCCCCC(C)C. The minimum atomic E-state index is -4.96. The summed E-state index contributed by atoms with van der Waals surface area (Å²) in [6, 6.07) is 0. The molecule has 588 valence electrons. The third kappa shape index (κ3) is 74.1. The standard InChI is InChI=1S/C80H156O17P2/c1-70(2)56-48-40-32-26-21-17-13-11-9-10-12-14-20-24-30-36-46-54-62-79(84)96-75(66-90-77(82)60-52-44-35-29-23-19-16-15-18-22-27-33-41-49-57-71(3)4)68-94-98(86,87)92-64-74(81)65-93-99(88,89)95-69-76(67-91-78(83)61-53-45-39-38-43-51-59-73(7)8)97-80(85)63-55-47-37-31-25-28-34-42-50-58-72(5)6/h70-76,81H,9-69H2,1-8H3,(H,86,87)(H,88,89)/t74-,75-,76-/m1/s1.